The average Bonchev–Trinajstić information content (AvgIpc) is 3.23. The van der Waals surface area contributed by atoms with Crippen molar-refractivity contribution in [3.8, 4) is 5.75 Å². The third kappa shape index (κ3) is 5.65. The van der Waals surface area contributed by atoms with Gasteiger partial charge in [0.15, 0.2) is 11.6 Å². The van der Waals surface area contributed by atoms with Crippen molar-refractivity contribution in [2.45, 2.75) is 12.9 Å². The Labute approximate surface area is 215 Å². The first-order valence-electron chi connectivity index (χ1n) is 11.5. The van der Waals surface area contributed by atoms with Crippen molar-refractivity contribution in [2.24, 2.45) is 0 Å². The second-order valence-electron chi connectivity index (χ2n) is 8.68. The summed E-state index contributed by atoms with van der Waals surface area (Å²) in [4.78, 5) is 24.8. The number of alkyl halides is 3. The first kappa shape index (κ1) is 24.9. The normalized spacial score (nSPS) is 15.8. The molecule has 3 N–H and O–H groups in total. The number of rotatable bonds is 6. The zero-order chi connectivity index (χ0) is 26.2. The Hall–Kier alpha value is -3.77. The number of halogens is 4. The highest BCUT2D eigenvalue weighted by Gasteiger charge is 2.33. The second-order valence-corrected chi connectivity index (χ2v) is 9.09. The standard InChI is InChI=1S/C24H23ClF3N7O2/c1-34-7-9-35(10-8-34)15-5-6-17(19(11-15)37-24(26,27)28)32-23-30-13-16(25)21(33-23)31-18-4-2-3-14-12-29-22(36)20(14)18/h2-6,11,13H,7-10,12H2,1H3,(H,29,36)(H2,30,31,32,33). The molecule has 0 spiro atoms. The summed E-state index contributed by atoms with van der Waals surface area (Å²) in [7, 11) is 2.00. The number of anilines is 5. The van der Waals surface area contributed by atoms with Gasteiger partial charge >= 0.3 is 6.36 Å². The van der Waals surface area contributed by atoms with Crippen LogP contribution >= 0.6 is 11.6 Å². The summed E-state index contributed by atoms with van der Waals surface area (Å²) in [5, 5.41) is 8.75. The van der Waals surface area contributed by atoms with E-state index in [0.29, 0.717) is 36.6 Å². The van der Waals surface area contributed by atoms with E-state index < -0.39 is 12.1 Å². The molecule has 2 aliphatic rings. The largest absolute Gasteiger partial charge is 0.573 e. The molecule has 1 fully saturated rings. The topological polar surface area (TPSA) is 94.7 Å². The van der Waals surface area contributed by atoms with E-state index in [0.717, 1.165) is 18.7 Å². The van der Waals surface area contributed by atoms with Gasteiger partial charge in [0.2, 0.25) is 5.95 Å². The van der Waals surface area contributed by atoms with Crippen LogP contribution in [0.1, 0.15) is 15.9 Å². The number of amides is 1. The van der Waals surface area contributed by atoms with E-state index in [1.165, 1.54) is 18.3 Å². The van der Waals surface area contributed by atoms with Gasteiger partial charge in [0.25, 0.3) is 5.91 Å². The number of hydrogen-bond donors (Lipinski definition) is 3. The van der Waals surface area contributed by atoms with E-state index in [-0.39, 0.29) is 28.4 Å². The number of nitrogens with zero attached hydrogens (tertiary/aromatic N) is 4. The molecule has 0 bridgehead atoms. The molecule has 5 rings (SSSR count). The molecule has 2 aromatic carbocycles. The monoisotopic (exact) mass is 533 g/mol. The molecule has 1 amide bonds. The number of carbonyl (C=O) groups is 1. The SMILES string of the molecule is CN1CCN(c2ccc(Nc3ncc(Cl)c(Nc4cccc5c4C(=O)NC5)n3)c(OC(F)(F)F)c2)CC1. The van der Waals surface area contributed by atoms with Crippen molar-refractivity contribution in [1.29, 1.82) is 0 Å². The van der Waals surface area contributed by atoms with Gasteiger partial charge in [-0.2, -0.15) is 4.98 Å². The van der Waals surface area contributed by atoms with E-state index in [1.807, 2.05) is 18.0 Å². The smallest absolute Gasteiger partial charge is 0.403 e. The number of hydrogen-bond acceptors (Lipinski definition) is 8. The maximum Gasteiger partial charge on any atom is 0.573 e. The molecule has 3 aromatic rings. The van der Waals surface area contributed by atoms with E-state index in [2.05, 4.69) is 35.6 Å². The van der Waals surface area contributed by atoms with Crippen LogP contribution in [0.15, 0.2) is 42.6 Å². The number of piperazine rings is 1. The zero-order valence-corrected chi connectivity index (χ0v) is 20.5. The number of aromatic nitrogens is 2. The van der Waals surface area contributed by atoms with E-state index in [4.69, 9.17) is 11.6 Å². The van der Waals surface area contributed by atoms with Gasteiger partial charge in [0.05, 0.1) is 23.1 Å². The van der Waals surface area contributed by atoms with Crippen molar-refractivity contribution in [3.63, 3.8) is 0 Å². The molecule has 13 heteroatoms. The summed E-state index contributed by atoms with van der Waals surface area (Å²) < 4.78 is 44.0. The first-order valence-corrected chi connectivity index (χ1v) is 11.8. The van der Waals surface area contributed by atoms with Crippen LogP contribution < -0.4 is 25.6 Å². The lowest BCUT2D eigenvalue weighted by Gasteiger charge is -2.34. The molecule has 37 heavy (non-hydrogen) atoms. The predicted molar refractivity (Wildman–Crippen MR) is 134 cm³/mol. The quantitative estimate of drug-likeness (QED) is 0.426. The highest BCUT2D eigenvalue weighted by molar-refractivity contribution is 6.33. The fraction of sp³-hybridized carbons (Fsp3) is 0.292. The van der Waals surface area contributed by atoms with E-state index >= 15 is 0 Å². The minimum atomic E-state index is -4.89. The zero-order valence-electron chi connectivity index (χ0n) is 19.7. The molecular formula is C24H23ClF3N7O2. The van der Waals surface area contributed by atoms with Crippen LogP contribution in [0.4, 0.5) is 42.0 Å². The van der Waals surface area contributed by atoms with Crippen LogP contribution in [-0.2, 0) is 6.54 Å². The van der Waals surface area contributed by atoms with Crippen LogP contribution in [-0.4, -0.2) is 60.4 Å². The molecule has 1 saturated heterocycles. The Bertz CT molecular complexity index is 1330. The highest BCUT2D eigenvalue weighted by Crippen LogP contribution is 2.36. The second kappa shape index (κ2) is 9.94. The average molecular weight is 534 g/mol. The fourth-order valence-electron chi connectivity index (χ4n) is 4.23. The summed E-state index contributed by atoms with van der Waals surface area (Å²) in [6, 6.07) is 9.90. The number of nitrogens with one attached hydrogen (secondary N) is 3. The molecule has 9 nitrogen and oxygen atoms in total. The molecule has 1 aromatic heterocycles. The predicted octanol–water partition coefficient (Wildman–Crippen LogP) is 4.51. The number of fused-ring (bicyclic) bond motifs is 1. The van der Waals surface area contributed by atoms with Crippen LogP contribution in [0, 0.1) is 0 Å². The summed E-state index contributed by atoms with van der Waals surface area (Å²) in [6.07, 6.45) is -3.58. The number of carbonyl (C=O) groups excluding carboxylic acids is 1. The summed E-state index contributed by atoms with van der Waals surface area (Å²) in [5.41, 5.74) is 2.45. The fourth-order valence-corrected chi connectivity index (χ4v) is 4.37. The molecule has 0 radical (unpaired) electrons. The third-order valence-electron chi connectivity index (χ3n) is 6.12. The van der Waals surface area contributed by atoms with Crippen molar-refractivity contribution >= 4 is 46.3 Å². The molecule has 3 heterocycles. The lowest BCUT2D eigenvalue weighted by molar-refractivity contribution is -0.274. The van der Waals surface area contributed by atoms with Gasteiger partial charge in [-0.3, -0.25) is 4.79 Å². The Morgan fingerprint density at radius 3 is 2.62 bits per heavy atom. The first-order chi connectivity index (χ1) is 17.7. The Kier molecular flexibility index (Phi) is 6.69. The molecular weight excluding hydrogens is 511 g/mol. The van der Waals surface area contributed by atoms with Gasteiger partial charge in [-0.25, -0.2) is 4.98 Å². The van der Waals surface area contributed by atoms with Crippen LogP contribution in [0.2, 0.25) is 5.02 Å². The minimum Gasteiger partial charge on any atom is -0.403 e. The summed E-state index contributed by atoms with van der Waals surface area (Å²) >= 11 is 6.27. The molecule has 194 valence electrons. The minimum absolute atomic E-state index is 0.0108. The number of ether oxygens (including phenoxy) is 1. The maximum absolute atomic E-state index is 13.2. The summed E-state index contributed by atoms with van der Waals surface area (Å²) in [5.74, 6) is -0.464. The molecule has 2 aliphatic heterocycles. The van der Waals surface area contributed by atoms with Crippen molar-refractivity contribution < 1.29 is 22.7 Å². The Morgan fingerprint density at radius 2 is 1.86 bits per heavy atom. The lowest BCUT2D eigenvalue weighted by Crippen LogP contribution is -2.44. The van der Waals surface area contributed by atoms with Gasteiger partial charge in [0, 0.05) is 44.5 Å². The van der Waals surface area contributed by atoms with Gasteiger partial charge in [-0.1, -0.05) is 23.7 Å². The maximum atomic E-state index is 13.2. The number of likely N-dealkylation sites (N-methyl/N-ethyl adjacent to an activating group) is 1. The van der Waals surface area contributed by atoms with Gasteiger partial charge in [-0.05, 0) is 30.8 Å². The highest BCUT2D eigenvalue weighted by atomic mass is 35.5. The van der Waals surface area contributed by atoms with Gasteiger partial charge < -0.3 is 30.5 Å². The molecule has 0 atom stereocenters. The Morgan fingerprint density at radius 1 is 1.08 bits per heavy atom. The van der Waals surface area contributed by atoms with Crippen LogP contribution in [0.3, 0.4) is 0 Å². The van der Waals surface area contributed by atoms with Crippen LogP contribution in [0.25, 0.3) is 0 Å². The van der Waals surface area contributed by atoms with Gasteiger partial charge in [0.1, 0.15) is 5.02 Å². The lowest BCUT2D eigenvalue weighted by atomic mass is 10.1. The summed E-state index contributed by atoms with van der Waals surface area (Å²) in [6.45, 7) is 3.39. The molecule has 0 saturated carbocycles. The van der Waals surface area contributed by atoms with E-state index in [1.54, 1.807) is 18.2 Å². The van der Waals surface area contributed by atoms with E-state index in [9.17, 15) is 18.0 Å². The van der Waals surface area contributed by atoms with Crippen molar-refractivity contribution in [2.75, 3.05) is 48.8 Å². The Balaban J connectivity index is 1.42. The molecule has 0 unspecified atom stereocenters. The van der Waals surface area contributed by atoms with Gasteiger partial charge in [-0.15, -0.1) is 13.2 Å². The van der Waals surface area contributed by atoms with Crippen molar-refractivity contribution in [3.05, 3.63) is 58.7 Å². The third-order valence-corrected chi connectivity index (χ3v) is 6.40. The molecule has 0 aliphatic carbocycles. The van der Waals surface area contributed by atoms with Crippen LogP contribution in [0.5, 0.6) is 5.75 Å². The number of benzene rings is 2. The van der Waals surface area contributed by atoms with Crippen molar-refractivity contribution in [1.82, 2.24) is 20.2 Å².